The molecule has 120 valence electrons. The van der Waals surface area contributed by atoms with Crippen LogP contribution in [-0.4, -0.2) is 33.2 Å². The van der Waals surface area contributed by atoms with Crippen LogP contribution in [0.25, 0.3) is 0 Å². The van der Waals surface area contributed by atoms with Crippen LogP contribution < -0.4 is 4.72 Å². The fourth-order valence-corrected chi connectivity index (χ4v) is 3.73. The number of sulfonamides is 1. The van der Waals surface area contributed by atoms with Crippen molar-refractivity contribution in [2.24, 2.45) is 0 Å². The Morgan fingerprint density at radius 1 is 1.45 bits per heavy atom. The zero-order valence-corrected chi connectivity index (χ0v) is 13.7. The van der Waals surface area contributed by atoms with Crippen LogP contribution in [0.15, 0.2) is 11.2 Å². The summed E-state index contributed by atoms with van der Waals surface area (Å²) in [5.74, 6) is 2.13. The van der Waals surface area contributed by atoms with Gasteiger partial charge >= 0.3 is 0 Å². The summed E-state index contributed by atoms with van der Waals surface area (Å²) >= 11 is 0. The zero-order chi connectivity index (χ0) is 15.9. The Morgan fingerprint density at radius 3 is 2.91 bits per heavy atom. The van der Waals surface area contributed by atoms with Gasteiger partial charge in [0.15, 0.2) is 5.03 Å². The number of aromatic amines is 1. The Kier molecular flexibility index (Phi) is 3.77. The molecule has 1 aliphatic heterocycles. The number of nitrogens with zero attached hydrogens (tertiary/aromatic N) is 4. The largest absolute Gasteiger partial charge is 0.332 e. The van der Waals surface area contributed by atoms with E-state index < -0.39 is 10.0 Å². The third-order valence-electron chi connectivity index (χ3n) is 3.69. The molecule has 0 bridgehead atoms. The minimum absolute atomic E-state index is 0.0876. The number of hydrogen-bond acceptors (Lipinski definition) is 5. The number of rotatable bonds is 4. The normalized spacial score (nSPS) is 18.6. The van der Waals surface area contributed by atoms with Gasteiger partial charge in [-0.3, -0.25) is 0 Å². The van der Waals surface area contributed by atoms with E-state index in [4.69, 9.17) is 0 Å². The molecule has 2 aromatic heterocycles. The van der Waals surface area contributed by atoms with Crippen LogP contribution in [0, 0.1) is 6.92 Å². The second-order valence-electron chi connectivity index (χ2n) is 5.84. The third kappa shape index (κ3) is 2.78. The van der Waals surface area contributed by atoms with E-state index in [1.165, 1.54) is 6.20 Å². The predicted molar refractivity (Wildman–Crippen MR) is 79.7 cm³/mol. The maximum atomic E-state index is 12.5. The van der Waals surface area contributed by atoms with Gasteiger partial charge in [-0.25, -0.2) is 23.1 Å². The molecule has 0 fully saturated rings. The summed E-state index contributed by atoms with van der Waals surface area (Å²) < 4.78 is 29.5. The first-order valence-electron chi connectivity index (χ1n) is 7.35. The van der Waals surface area contributed by atoms with E-state index in [1.54, 1.807) is 11.6 Å². The van der Waals surface area contributed by atoms with Gasteiger partial charge < -0.3 is 4.98 Å². The molecule has 1 atom stereocenters. The molecule has 0 unspecified atom stereocenters. The molecule has 0 amide bonds. The molecule has 0 saturated carbocycles. The highest BCUT2D eigenvalue weighted by Gasteiger charge is 2.29. The first-order chi connectivity index (χ1) is 10.4. The average Bonchev–Trinajstić information content (AvgIpc) is 3.04. The van der Waals surface area contributed by atoms with E-state index in [0.29, 0.717) is 23.9 Å². The van der Waals surface area contributed by atoms with Gasteiger partial charge in [0.2, 0.25) is 0 Å². The number of hydrogen-bond donors (Lipinski definition) is 2. The van der Waals surface area contributed by atoms with Crippen LogP contribution in [0.5, 0.6) is 0 Å². The van der Waals surface area contributed by atoms with E-state index in [0.717, 1.165) is 13.0 Å². The fraction of sp³-hybridized carbons (Fsp3) is 0.615. The molecule has 3 rings (SSSR count). The van der Waals surface area contributed by atoms with Gasteiger partial charge in [-0.2, -0.15) is 9.82 Å². The Bertz CT molecular complexity index is 776. The summed E-state index contributed by atoms with van der Waals surface area (Å²) in [4.78, 5) is 11.3. The van der Waals surface area contributed by atoms with Crippen LogP contribution in [0.2, 0.25) is 0 Å². The van der Waals surface area contributed by atoms with Crippen molar-refractivity contribution < 1.29 is 8.42 Å². The summed E-state index contributed by atoms with van der Waals surface area (Å²) in [6.45, 7) is 6.49. The van der Waals surface area contributed by atoms with Crippen molar-refractivity contribution >= 4 is 10.0 Å². The lowest BCUT2D eigenvalue weighted by molar-refractivity contribution is 0.399. The van der Waals surface area contributed by atoms with Gasteiger partial charge in [0.1, 0.15) is 17.5 Å². The summed E-state index contributed by atoms with van der Waals surface area (Å²) in [6.07, 6.45) is 2.93. The Balaban J connectivity index is 1.85. The summed E-state index contributed by atoms with van der Waals surface area (Å²) in [7, 11) is -3.66. The number of nitrogens with one attached hydrogen (secondary N) is 2. The second kappa shape index (κ2) is 5.47. The molecule has 0 radical (unpaired) electrons. The fourth-order valence-electron chi connectivity index (χ4n) is 2.58. The first kappa shape index (κ1) is 15.2. The van der Waals surface area contributed by atoms with Crippen molar-refractivity contribution in [1.29, 1.82) is 0 Å². The standard InChI is InChI=1S/C13H20N6O2S/c1-8(2)12-14-7-11(16-12)22(20,21)18-10-5-4-6-19-13(10)15-9(3)17-19/h7-8,10,18H,4-6H2,1-3H3,(H,14,16)/t10-/m0/s1. The molecule has 3 heterocycles. The molecule has 8 nitrogen and oxygen atoms in total. The monoisotopic (exact) mass is 324 g/mol. The van der Waals surface area contributed by atoms with E-state index in [-0.39, 0.29) is 17.0 Å². The van der Waals surface area contributed by atoms with Crippen molar-refractivity contribution in [2.45, 2.75) is 57.1 Å². The average molecular weight is 324 g/mol. The maximum Gasteiger partial charge on any atom is 0.258 e. The molecule has 0 aromatic carbocycles. The van der Waals surface area contributed by atoms with Crippen LogP contribution in [-0.2, 0) is 16.6 Å². The van der Waals surface area contributed by atoms with Crippen molar-refractivity contribution in [3.63, 3.8) is 0 Å². The molecular weight excluding hydrogens is 304 g/mol. The molecule has 2 N–H and O–H groups in total. The highest BCUT2D eigenvalue weighted by molar-refractivity contribution is 7.89. The predicted octanol–water partition coefficient (Wildman–Crippen LogP) is 1.25. The summed E-state index contributed by atoms with van der Waals surface area (Å²) in [5, 5.41) is 4.37. The second-order valence-corrected chi connectivity index (χ2v) is 7.53. The number of fused-ring (bicyclic) bond motifs is 1. The van der Waals surface area contributed by atoms with E-state index in [1.807, 2.05) is 13.8 Å². The molecule has 0 spiro atoms. The Hall–Kier alpha value is -1.74. The van der Waals surface area contributed by atoms with E-state index in [9.17, 15) is 8.42 Å². The molecule has 9 heteroatoms. The molecule has 1 aliphatic rings. The number of imidazole rings is 1. The maximum absolute atomic E-state index is 12.5. The minimum Gasteiger partial charge on any atom is -0.332 e. The molecule has 0 saturated heterocycles. The molecule has 2 aromatic rings. The zero-order valence-electron chi connectivity index (χ0n) is 12.9. The van der Waals surface area contributed by atoms with Gasteiger partial charge in [-0.15, -0.1) is 0 Å². The van der Waals surface area contributed by atoms with Crippen molar-refractivity contribution in [3.8, 4) is 0 Å². The minimum atomic E-state index is -3.66. The lowest BCUT2D eigenvalue weighted by Crippen LogP contribution is -2.33. The quantitative estimate of drug-likeness (QED) is 0.880. The summed E-state index contributed by atoms with van der Waals surface area (Å²) in [5.41, 5.74) is 0. The number of H-pyrrole nitrogens is 1. The molecular formula is C13H20N6O2S. The van der Waals surface area contributed by atoms with E-state index >= 15 is 0 Å². The lowest BCUT2D eigenvalue weighted by Gasteiger charge is -2.22. The van der Waals surface area contributed by atoms with Crippen molar-refractivity contribution in [2.75, 3.05) is 0 Å². The van der Waals surface area contributed by atoms with E-state index in [2.05, 4.69) is 24.8 Å². The van der Waals surface area contributed by atoms with Crippen LogP contribution in [0.3, 0.4) is 0 Å². The molecule has 22 heavy (non-hydrogen) atoms. The highest BCUT2D eigenvalue weighted by Crippen LogP contribution is 2.25. The Labute approximate surface area is 129 Å². The first-order valence-corrected chi connectivity index (χ1v) is 8.83. The molecule has 0 aliphatic carbocycles. The van der Waals surface area contributed by atoms with Gasteiger partial charge in [-0.05, 0) is 19.8 Å². The van der Waals surface area contributed by atoms with Crippen LogP contribution >= 0.6 is 0 Å². The smallest absolute Gasteiger partial charge is 0.258 e. The van der Waals surface area contributed by atoms with Crippen molar-refractivity contribution in [1.82, 2.24) is 29.5 Å². The van der Waals surface area contributed by atoms with Crippen molar-refractivity contribution in [3.05, 3.63) is 23.7 Å². The summed E-state index contributed by atoms with van der Waals surface area (Å²) in [6, 6.07) is -0.356. The van der Waals surface area contributed by atoms with Gasteiger partial charge in [0, 0.05) is 12.5 Å². The van der Waals surface area contributed by atoms with Crippen LogP contribution in [0.4, 0.5) is 0 Å². The van der Waals surface area contributed by atoms with Gasteiger partial charge in [-0.1, -0.05) is 13.8 Å². The topological polar surface area (TPSA) is 106 Å². The van der Waals surface area contributed by atoms with Gasteiger partial charge in [0.05, 0.1) is 12.2 Å². The highest BCUT2D eigenvalue weighted by atomic mass is 32.2. The Morgan fingerprint density at radius 2 is 2.23 bits per heavy atom. The number of aryl methyl sites for hydroxylation is 2. The SMILES string of the molecule is Cc1nc2n(n1)CCC[C@@H]2NS(=O)(=O)c1cnc(C(C)C)[nH]1. The lowest BCUT2D eigenvalue weighted by atomic mass is 10.1. The third-order valence-corrected chi connectivity index (χ3v) is 5.07. The number of aromatic nitrogens is 5. The van der Waals surface area contributed by atoms with Gasteiger partial charge in [0.25, 0.3) is 10.0 Å². The van der Waals surface area contributed by atoms with Crippen LogP contribution in [0.1, 0.15) is 56.1 Å².